The fourth-order valence-corrected chi connectivity index (χ4v) is 1.74. The second-order valence-electron chi connectivity index (χ2n) is 4.32. The normalized spacial score (nSPS) is 14.7. The minimum atomic E-state index is -0.689. The number of aliphatic hydroxyl groups excluding tert-OH is 1. The van der Waals surface area contributed by atoms with Crippen molar-refractivity contribution in [1.29, 1.82) is 0 Å². The molecule has 0 spiro atoms. The molecule has 17 heavy (non-hydrogen) atoms. The summed E-state index contributed by atoms with van der Waals surface area (Å²) < 4.78 is 10.3. The van der Waals surface area contributed by atoms with Crippen LogP contribution in [0.2, 0.25) is 0 Å². The smallest absolute Gasteiger partial charge is 0.313 e. The Bertz CT molecular complexity index is 221. The lowest BCUT2D eigenvalue weighted by Crippen LogP contribution is -2.45. The van der Waals surface area contributed by atoms with Crippen LogP contribution in [-0.4, -0.2) is 44.0 Å². The number of hydrogen-bond donors (Lipinski definition) is 2. The minimum Gasteiger partial charge on any atom is -0.466 e. The van der Waals surface area contributed by atoms with E-state index in [1.807, 2.05) is 13.8 Å². The molecule has 102 valence electrons. The molecule has 0 saturated heterocycles. The first-order valence-electron chi connectivity index (χ1n) is 6.11. The summed E-state index contributed by atoms with van der Waals surface area (Å²) in [6, 6.07) is 0. The average Bonchev–Trinajstić information content (AvgIpc) is 2.29. The van der Waals surface area contributed by atoms with Crippen molar-refractivity contribution in [2.45, 2.75) is 27.2 Å². The van der Waals surface area contributed by atoms with Gasteiger partial charge in [0.25, 0.3) is 0 Å². The highest BCUT2D eigenvalue weighted by Crippen LogP contribution is 2.32. The van der Waals surface area contributed by atoms with Crippen LogP contribution in [0.4, 0.5) is 0 Å². The van der Waals surface area contributed by atoms with Gasteiger partial charge in [-0.25, -0.2) is 0 Å². The number of esters is 1. The number of ether oxygens (including phenoxy) is 2. The van der Waals surface area contributed by atoms with Crippen LogP contribution in [0.25, 0.3) is 0 Å². The Morgan fingerprint density at radius 3 is 2.47 bits per heavy atom. The second-order valence-corrected chi connectivity index (χ2v) is 4.32. The SMILES string of the molecule is CCOC(=O)C(CN)(CCOCCO)C(C)C. The van der Waals surface area contributed by atoms with E-state index in [1.165, 1.54) is 0 Å². The van der Waals surface area contributed by atoms with Gasteiger partial charge in [0, 0.05) is 13.2 Å². The maximum atomic E-state index is 12.0. The molecule has 5 heteroatoms. The van der Waals surface area contributed by atoms with E-state index in [1.54, 1.807) is 6.92 Å². The molecule has 0 aliphatic carbocycles. The molecule has 0 fully saturated rings. The molecule has 3 N–H and O–H groups in total. The molecule has 5 nitrogen and oxygen atoms in total. The number of hydrogen-bond acceptors (Lipinski definition) is 5. The molecule has 0 amide bonds. The van der Waals surface area contributed by atoms with Crippen molar-refractivity contribution in [3.05, 3.63) is 0 Å². The Labute approximate surface area is 103 Å². The molecular formula is C12H25NO4. The van der Waals surface area contributed by atoms with E-state index >= 15 is 0 Å². The van der Waals surface area contributed by atoms with Crippen LogP contribution in [0.1, 0.15) is 27.2 Å². The fourth-order valence-electron chi connectivity index (χ4n) is 1.74. The number of carbonyl (C=O) groups excluding carboxylic acids is 1. The van der Waals surface area contributed by atoms with Crippen molar-refractivity contribution in [1.82, 2.24) is 0 Å². The summed E-state index contributed by atoms with van der Waals surface area (Å²) in [5.74, 6) is -0.172. The van der Waals surface area contributed by atoms with E-state index in [9.17, 15) is 4.79 Å². The molecule has 0 radical (unpaired) electrons. The molecule has 0 aromatic rings. The minimum absolute atomic E-state index is 0.0172. The van der Waals surface area contributed by atoms with Crippen molar-refractivity contribution in [2.24, 2.45) is 17.1 Å². The zero-order chi connectivity index (χ0) is 13.3. The van der Waals surface area contributed by atoms with E-state index in [0.717, 1.165) is 0 Å². The van der Waals surface area contributed by atoms with Crippen LogP contribution in [0, 0.1) is 11.3 Å². The summed E-state index contributed by atoms with van der Waals surface area (Å²) >= 11 is 0. The summed E-state index contributed by atoms with van der Waals surface area (Å²) in [6.45, 7) is 6.94. The van der Waals surface area contributed by atoms with E-state index in [-0.39, 0.29) is 31.6 Å². The van der Waals surface area contributed by atoms with Crippen LogP contribution in [-0.2, 0) is 14.3 Å². The average molecular weight is 247 g/mol. The summed E-state index contributed by atoms with van der Waals surface area (Å²) in [4.78, 5) is 12.0. The van der Waals surface area contributed by atoms with E-state index < -0.39 is 5.41 Å². The van der Waals surface area contributed by atoms with Gasteiger partial charge in [0.15, 0.2) is 0 Å². The maximum absolute atomic E-state index is 12.0. The molecule has 0 aliphatic heterocycles. The summed E-state index contributed by atoms with van der Waals surface area (Å²) in [5.41, 5.74) is 5.06. The van der Waals surface area contributed by atoms with Crippen molar-refractivity contribution in [3.63, 3.8) is 0 Å². The number of aliphatic hydroxyl groups is 1. The third-order valence-electron chi connectivity index (χ3n) is 3.08. The zero-order valence-corrected chi connectivity index (χ0v) is 11.1. The molecule has 0 aromatic heterocycles. The molecule has 0 aromatic carbocycles. The number of rotatable bonds is 9. The van der Waals surface area contributed by atoms with Gasteiger partial charge in [-0.2, -0.15) is 0 Å². The predicted molar refractivity (Wildman–Crippen MR) is 65.5 cm³/mol. The zero-order valence-electron chi connectivity index (χ0n) is 11.1. The Hall–Kier alpha value is -0.650. The van der Waals surface area contributed by atoms with E-state index in [4.69, 9.17) is 20.3 Å². The first-order valence-corrected chi connectivity index (χ1v) is 6.11. The Kier molecular flexibility index (Phi) is 8.12. The third-order valence-corrected chi connectivity index (χ3v) is 3.08. The third kappa shape index (κ3) is 4.61. The summed E-state index contributed by atoms with van der Waals surface area (Å²) in [7, 11) is 0. The molecule has 1 atom stereocenters. The van der Waals surface area contributed by atoms with Gasteiger partial charge in [0.05, 0.1) is 25.2 Å². The molecule has 0 saturated carbocycles. The molecule has 0 rings (SSSR count). The van der Waals surface area contributed by atoms with Gasteiger partial charge in [-0.1, -0.05) is 13.8 Å². The van der Waals surface area contributed by atoms with Crippen molar-refractivity contribution in [2.75, 3.05) is 33.0 Å². The summed E-state index contributed by atoms with van der Waals surface area (Å²) in [6.07, 6.45) is 0.514. The predicted octanol–water partition coefficient (Wildman–Crippen LogP) is 0.550. The van der Waals surface area contributed by atoms with Gasteiger partial charge < -0.3 is 20.3 Å². The highest BCUT2D eigenvalue weighted by Gasteiger charge is 2.41. The van der Waals surface area contributed by atoms with Crippen LogP contribution < -0.4 is 5.73 Å². The fraction of sp³-hybridized carbons (Fsp3) is 0.917. The van der Waals surface area contributed by atoms with Crippen LogP contribution in [0.15, 0.2) is 0 Å². The Morgan fingerprint density at radius 1 is 1.41 bits per heavy atom. The van der Waals surface area contributed by atoms with Gasteiger partial charge >= 0.3 is 5.97 Å². The van der Waals surface area contributed by atoms with Crippen molar-refractivity contribution in [3.8, 4) is 0 Å². The lowest BCUT2D eigenvalue weighted by molar-refractivity contribution is -0.159. The highest BCUT2D eigenvalue weighted by atomic mass is 16.5. The number of carbonyl (C=O) groups is 1. The van der Waals surface area contributed by atoms with Crippen LogP contribution in [0.3, 0.4) is 0 Å². The van der Waals surface area contributed by atoms with E-state index in [0.29, 0.717) is 19.6 Å². The van der Waals surface area contributed by atoms with Crippen LogP contribution >= 0.6 is 0 Å². The second kappa shape index (κ2) is 8.44. The quantitative estimate of drug-likeness (QED) is 0.459. The summed E-state index contributed by atoms with van der Waals surface area (Å²) in [5, 5.41) is 8.61. The number of nitrogens with two attached hydrogens (primary N) is 1. The first-order chi connectivity index (χ1) is 8.05. The first kappa shape index (κ1) is 16.4. The van der Waals surface area contributed by atoms with Gasteiger partial charge in [0.2, 0.25) is 0 Å². The Morgan fingerprint density at radius 2 is 2.06 bits per heavy atom. The van der Waals surface area contributed by atoms with Crippen molar-refractivity contribution < 1.29 is 19.4 Å². The molecular weight excluding hydrogens is 222 g/mol. The standard InChI is InChI=1S/C12H25NO4/c1-4-17-11(15)12(9-13,10(2)3)5-7-16-8-6-14/h10,14H,4-9,13H2,1-3H3. The molecule has 0 heterocycles. The topological polar surface area (TPSA) is 81.8 Å². The van der Waals surface area contributed by atoms with Gasteiger partial charge in [-0.05, 0) is 19.3 Å². The Balaban J connectivity index is 4.53. The maximum Gasteiger partial charge on any atom is 0.313 e. The van der Waals surface area contributed by atoms with Gasteiger partial charge in [-0.15, -0.1) is 0 Å². The monoisotopic (exact) mass is 247 g/mol. The lowest BCUT2D eigenvalue weighted by Gasteiger charge is -2.33. The lowest BCUT2D eigenvalue weighted by atomic mass is 9.74. The van der Waals surface area contributed by atoms with E-state index in [2.05, 4.69) is 0 Å². The van der Waals surface area contributed by atoms with Crippen molar-refractivity contribution >= 4 is 5.97 Å². The molecule has 0 aliphatic rings. The highest BCUT2D eigenvalue weighted by molar-refractivity contribution is 5.77. The molecule has 0 bridgehead atoms. The molecule has 1 unspecified atom stereocenters. The van der Waals surface area contributed by atoms with Crippen LogP contribution in [0.5, 0.6) is 0 Å². The largest absolute Gasteiger partial charge is 0.466 e. The van der Waals surface area contributed by atoms with Gasteiger partial charge in [0.1, 0.15) is 0 Å². The van der Waals surface area contributed by atoms with Gasteiger partial charge in [-0.3, -0.25) is 4.79 Å².